The second kappa shape index (κ2) is 4.62. The minimum atomic E-state index is 0.0236. The lowest BCUT2D eigenvalue weighted by Gasteiger charge is -2.05. The zero-order valence-corrected chi connectivity index (χ0v) is 8.33. The van der Waals surface area contributed by atoms with E-state index in [2.05, 4.69) is 32.7 Å². The molecule has 0 rings (SSSR count). The van der Waals surface area contributed by atoms with Crippen molar-refractivity contribution in [2.75, 3.05) is 0 Å². The molecule has 0 fully saturated rings. The molecule has 0 bridgehead atoms. The molecule has 0 aromatic carbocycles. The van der Waals surface area contributed by atoms with Crippen molar-refractivity contribution in [1.82, 2.24) is 4.98 Å². The Labute approximate surface area is 60.4 Å². The Morgan fingerprint density at radius 1 is 1.33 bits per heavy atom. The van der Waals surface area contributed by atoms with Gasteiger partial charge in [-0.1, -0.05) is 12.5 Å². The Morgan fingerprint density at radius 2 is 1.89 bits per heavy atom. The average Bonchev–Trinajstić information content (AvgIpc) is 1.82. The summed E-state index contributed by atoms with van der Waals surface area (Å²) >= 11 is 0. The standard InChI is InChI=1S/C7H17NSi/c1-5-9-8-7(4)6(2)3/h8H,5,9H2,1-4H3. The molecule has 0 radical (unpaired) electrons. The highest BCUT2D eigenvalue weighted by Crippen LogP contribution is 1.95. The Morgan fingerprint density at radius 3 is 2.22 bits per heavy atom. The third kappa shape index (κ3) is 4.27. The highest BCUT2D eigenvalue weighted by Gasteiger charge is 1.87. The molecule has 0 amide bonds. The van der Waals surface area contributed by atoms with Crippen LogP contribution in [-0.2, 0) is 0 Å². The fraction of sp³-hybridized carbons (Fsp3) is 0.714. The molecule has 0 heterocycles. The molecular weight excluding hydrogens is 126 g/mol. The second-order valence-corrected chi connectivity index (χ2v) is 4.41. The van der Waals surface area contributed by atoms with E-state index in [4.69, 9.17) is 0 Å². The van der Waals surface area contributed by atoms with Crippen LogP contribution in [0.5, 0.6) is 0 Å². The van der Waals surface area contributed by atoms with Crippen molar-refractivity contribution < 1.29 is 0 Å². The summed E-state index contributed by atoms with van der Waals surface area (Å²) in [6.45, 7) is 8.67. The summed E-state index contributed by atoms with van der Waals surface area (Å²) in [5.41, 5.74) is 2.79. The van der Waals surface area contributed by atoms with Crippen molar-refractivity contribution in [2.45, 2.75) is 33.7 Å². The predicted octanol–water partition coefficient (Wildman–Crippen LogP) is 1.41. The summed E-state index contributed by atoms with van der Waals surface area (Å²) in [4.78, 5) is 3.45. The van der Waals surface area contributed by atoms with Crippen LogP contribution >= 0.6 is 0 Å². The molecule has 0 unspecified atom stereocenters. The number of hydrogen-bond acceptors (Lipinski definition) is 1. The summed E-state index contributed by atoms with van der Waals surface area (Å²) in [5.74, 6) is 0. The van der Waals surface area contributed by atoms with Crippen molar-refractivity contribution >= 4 is 9.68 Å². The van der Waals surface area contributed by atoms with Gasteiger partial charge < -0.3 is 4.98 Å². The molecule has 9 heavy (non-hydrogen) atoms. The zero-order valence-electron chi connectivity index (χ0n) is 6.91. The predicted molar refractivity (Wildman–Crippen MR) is 46.2 cm³/mol. The van der Waals surface area contributed by atoms with Gasteiger partial charge in [-0.15, -0.1) is 0 Å². The molecule has 0 aromatic rings. The van der Waals surface area contributed by atoms with Crippen LogP contribution in [0.3, 0.4) is 0 Å². The van der Waals surface area contributed by atoms with Crippen molar-refractivity contribution in [2.24, 2.45) is 0 Å². The van der Waals surface area contributed by atoms with Gasteiger partial charge in [0.2, 0.25) is 0 Å². The van der Waals surface area contributed by atoms with E-state index < -0.39 is 0 Å². The average molecular weight is 143 g/mol. The molecule has 54 valence electrons. The lowest BCUT2D eigenvalue weighted by molar-refractivity contribution is 1.08. The Kier molecular flexibility index (Phi) is 4.49. The summed E-state index contributed by atoms with van der Waals surface area (Å²) < 4.78 is 0. The molecule has 2 heteroatoms. The topological polar surface area (TPSA) is 12.0 Å². The second-order valence-electron chi connectivity index (χ2n) is 2.55. The molecule has 0 atom stereocenters. The SMILES string of the molecule is CC[SiH2]NC(C)=C(C)C. The smallest absolute Gasteiger partial charge is 0.120 e. The summed E-state index contributed by atoms with van der Waals surface area (Å²) in [6.07, 6.45) is 0. The third-order valence-corrected chi connectivity index (χ3v) is 2.67. The van der Waals surface area contributed by atoms with Crippen LogP contribution < -0.4 is 4.98 Å². The van der Waals surface area contributed by atoms with Crippen LogP contribution in [-0.4, -0.2) is 9.68 Å². The highest BCUT2D eigenvalue weighted by molar-refractivity contribution is 6.32. The lowest BCUT2D eigenvalue weighted by atomic mass is 10.3. The van der Waals surface area contributed by atoms with Gasteiger partial charge in [-0.2, -0.15) is 0 Å². The van der Waals surface area contributed by atoms with E-state index >= 15 is 0 Å². The first-order chi connectivity index (χ1) is 4.18. The van der Waals surface area contributed by atoms with Gasteiger partial charge in [0.25, 0.3) is 0 Å². The van der Waals surface area contributed by atoms with Crippen molar-refractivity contribution in [3.8, 4) is 0 Å². The van der Waals surface area contributed by atoms with Gasteiger partial charge in [0.15, 0.2) is 0 Å². The minimum absolute atomic E-state index is 0.0236. The quantitative estimate of drug-likeness (QED) is 0.589. The molecule has 1 N–H and O–H groups in total. The molecule has 0 saturated carbocycles. The van der Waals surface area contributed by atoms with E-state index in [-0.39, 0.29) is 9.68 Å². The fourth-order valence-corrected chi connectivity index (χ4v) is 1.47. The maximum atomic E-state index is 3.45. The van der Waals surface area contributed by atoms with Gasteiger partial charge in [-0.3, -0.25) is 0 Å². The van der Waals surface area contributed by atoms with E-state index in [0.717, 1.165) is 0 Å². The summed E-state index contributed by atoms with van der Waals surface area (Å²) in [5, 5.41) is 0. The first kappa shape index (κ1) is 8.76. The maximum Gasteiger partial charge on any atom is 0.120 e. The lowest BCUT2D eigenvalue weighted by Crippen LogP contribution is -2.16. The Bertz CT molecular complexity index is 103. The molecule has 1 nitrogen and oxygen atoms in total. The minimum Gasteiger partial charge on any atom is -0.419 e. The number of rotatable bonds is 3. The van der Waals surface area contributed by atoms with Crippen LogP contribution in [0.4, 0.5) is 0 Å². The molecule has 0 aliphatic rings. The number of nitrogens with one attached hydrogen (secondary N) is 1. The molecule has 0 saturated heterocycles. The van der Waals surface area contributed by atoms with Crippen LogP contribution in [0, 0.1) is 0 Å². The van der Waals surface area contributed by atoms with E-state index in [1.54, 1.807) is 0 Å². The Hall–Kier alpha value is -0.243. The molecule has 0 aromatic heterocycles. The van der Waals surface area contributed by atoms with Crippen LogP contribution in [0.15, 0.2) is 11.3 Å². The van der Waals surface area contributed by atoms with Crippen molar-refractivity contribution in [3.63, 3.8) is 0 Å². The van der Waals surface area contributed by atoms with E-state index in [1.165, 1.54) is 17.3 Å². The van der Waals surface area contributed by atoms with Crippen LogP contribution in [0.25, 0.3) is 0 Å². The summed E-state index contributed by atoms with van der Waals surface area (Å²) in [7, 11) is 0.0236. The van der Waals surface area contributed by atoms with Crippen LogP contribution in [0.2, 0.25) is 6.04 Å². The van der Waals surface area contributed by atoms with E-state index in [1.807, 2.05) is 0 Å². The van der Waals surface area contributed by atoms with Gasteiger partial charge in [0, 0.05) is 0 Å². The first-order valence-corrected chi connectivity index (χ1v) is 5.27. The van der Waals surface area contributed by atoms with Crippen molar-refractivity contribution in [1.29, 1.82) is 0 Å². The monoisotopic (exact) mass is 143 g/mol. The summed E-state index contributed by atoms with van der Waals surface area (Å²) in [6, 6.07) is 1.34. The van der Waals surface area contributed by atoms with Gasteiger partial charge >= 0.3 is 0 Å². The normalized spacial score (nSPS) is 10.2. The molecular formula is C7H17NSi. The number of hydrogen-bond donors (Lipinski definition) is 1. The largest absolute Gasteiger partial charge is 0.419 e. The van der Waals surface area contributed by atoms with E-state index in [0.29, 0.717) is 0 Å². The van der Waals surface area contributed by atoms with E-state index in [9.17, 15) is 0 Å². The van der Waals surface area contributed by atoms with Gasteiger partial charge in [-0.25, -0.2) is 0 Å². The Balaban J connectivity index is 3.50. The van der Waals surface area contributed by atoms with Gasteiger partial charge in [-0.05, 0) is 32.5 Å². The van der Waals surface area contributed by atoms with Crippen LogP contribution in [0.1, 0.15) is 27.7 Å². The van der Waals surface area contributed by atoms with Gasteiger partial charge in [0.1, 0.15) is 9.68 Å². The van der Waals surface area contributed by atoms with Gasteiger partial charge in [0.05, 0.1) is 0 Å². The zero-order chi connectivity index (χ0) is 7.28. The maximum absolute atomic E-state index is 3.45. The molecule has 0 aliphatic carbocycles. The third-order valence-electron chi connectivity index (χ3n) is 1.39. The first-order valence-electron chi connectivity index (χ1n) is 3.56. The molecule has 0 aliphatic heterocycles. The fourth-order valence-electron chi connectivity index (χ4n) is 0.489. The van der Waals surface area contributed by atoms with Crippen molar-refractivity contribution in [3.05, 3.63) is 11.3 Å². The number of allylic oxidation sites excluding steroid dienone is 2. The highest BCUT2D eigenvalue weighted by atomic mass is 28.2. The molecule has 0 spiro atoms.